The minimum atomic E-state index is -2.05. The van der Waals surface area contributed by atoms with Gasteiger partial charge in [-0.1, -0.05) is 18.2 Å². The molecule has 149 heavy (non-hydrogen) atoms. The molecule has 0 aromatic heterocycles. The fourth-order valence-electron chi connectivity index (χ4n) is 12.0. The fraction of sp³-hybridized carbons (Fsp3) is 0.816. The van der Waals surface area contributed by atoms with Crippen LogP contribution in [0.25, 0.3) is 0 Å². The predicted octanol–water partition coefficient (Wildman–Crippen LogP) is 13.1. The molecule has 2 aromatic carbocycles. The molecule has 0 spiro atoms. The first kappa shape index (κ1) is 145. The van der Waals surface area contributed by atoms with Gasteiger partial charge in [0.1, 0.15) is 50.8 Å². The molecule has 38 nitrogen and oxygen atoms in total. The molecule has 4 fully saturated rings. The van der Waals surface area contributed by atoms with Gasteiger partial charge in [-0.25, -0.2) is 0 Å². The molecule has 0 saturated carbocycles. The minimum Gasteiger partial charge on any atom is -0.487 e. The Bertz CT molecular complexity index is 3160. The summed E-state index contributed by atoms with van der Waals surface area (Å²) in [5.74, 6) is 2.69. The molecule has 6 heterocycles. The maximum Gasteiger partial charge on any atom is 0.248 e. The molecular formula is C98H178BCl8N2O36Si4. The third-order valence-electron chi connectivity index (χ3n) is 19.1. The highest BCUT2D eigenvalue weighted by Crippen LogP contribution is 2.33. The number of anilines is 2. The fourth-order valence-corrected chi connectivity index (χ4v) is 16.8. The van der Waals surface area contributed by atoms with Crippen molar-refractivity contribution in [2.45, 2.75) is 88.0 Å². The van der Waals surface area contributed by atoms with Crippen LogP contribution in [0.4, 0.5) is 11.4 Å². The van der Waals surface area contributed by atoms with Gasteiger partial charge in [-0.05, 0) is 87.8 Å². The molecule has 6 aliphatic rings. The molecule has 0 bridgehead atoms. The second-order valence-electron chi connectivity index (χ2n) is 32.7. The van der Waals surface area contributed by atoms with Crippen LogP contribution in [0, 0.1) is 0 Å². The van der Waals surface area contributed by atoms with Gasteiger partial charge >= 0.3 is 0 Å². The van der Waals surface area contributed by atoms with Crippen molar-refractivity contribution in [3.63, 3.8) is 0 Å². The van der Waals surface area contributed by atoms with Crippen LogP contribution in [0.15, 0.2) is 74.4 Å². The van der Waals surface area contributed by atoms with Gasteiger partial charge < -0.3 is 181 Å². The summed E-state index contributed by atoms with van der Waals surface area (Å²) in [6.45, 7) is 47.6. The van der Waals surface area contributed by atoms with Crippen molar-refractivity contribution in [2.75, 3.05) is 447 Å². The summed E-state index contributed by atoms with van der Waals surface area (Å²) in [6, 6.07) is 14.0. The molecule has 2 N–H and O–H groups in total. The van der Waals surface area contributed by atoms with Crippen LogP contribution in [-0.4, -0.2) is 496 Å². The molecule has 51 heteroatoms. The van der Waals surface area contributed by atoms with E-state index in [4.69, 9.17) is 259 Å². The normalized spacial score (nSPS) is 21.2. The number of hydrogen-bond donors (Lipinski definition) is 2. The Kier molecular flexibility index (Phi) is 107. The number of ether oxygens (including phenoxy) is 36. The Morgan fingerprint density at radius 2 is 0.483 bits per heavy atom. The summed E-state index contributed by atoms with van der Waals surface area (Å²) in [6.07, 6.45) is 7.45. The molecule has 2 aromatic rings. The third-order valence-corrected chi connectivity index (χ3v) is 26.2. The lowest BCUT2D eigenvalue weighted by atomic mass is 10.2. The highest BCUT2D eigenvalue weighted by molar-refractivity contribution is 7.45. The first-order chi connectivity index (χ1) is 72.2. The van der Waals surface area contributed by atoms with Gasteiger partial charge in [-0.2, -0.15) is 22.2 Å². The van der Waals surface area contributed by atoms with Crippen LogP contribution in [0.5, 0.6) is 23.0 Å². The lowest BCUT2D eigenvalue weighted by molar-refractivity contribution is -0.0901. The Hall–Kier alpha value is -1.57. The summed E-state index contributed by atoms with van der Waals surface area (Å²) in [7, 11) is -1.19. The Morgan fingerprint density at radius 3 is 0.711 bits per heavy atom. The van der Waals surface area contributed by atoms with Gasteiger partial charge in [0.15, 0.2) is 23.0 Å². The molecule has 8 rings (SSSR count). The summed E-state index contributed by atoms with van der Waals surface area (Å²) < 4.78 is 199. The lowest BCUT2D eigenvalue weighted by Gasteiger charge is -2.19. The second-order valence-corrected chi connectivity index (χ2v) is 63.0. The topological polar surface area (TPSA) is 356 Å². The molecule has 6 aliphatic heterocycles. The average molecular weight is 2370 g/mol. The SMILES string of the molecule is C=CCNc1ccc2c(c1)OCCOCCOCCOCCOCCO2.C=CCOCC1COCCOCCOCCO1.C=CCOCC1COCCOCCOCCOCCOCCO1.C[SiH](Cl)Cl.C[Si](Cl)(Cl)CCCNc1ccc2c(c1)OCCOCCOCCOCCOCCO2.C[Si](Cl)(Cl)CCCOCC1COCCOCCOCCO1.C[Si](Cl)(Cl)CCCOCC1COCCOCCOCCOCCOCCO1.[B]. The van der Waals surface area contributed by atoms with E-state index in [1.807, 2.05) is 62.6 Å². The Balaban J connectivity index is 0.000000892. The van der Waals surface area contributed by atoms with Crippen molar-refractivity contribution in [1.29, 1.82) is 0 Å². The zero-order chi connectivity index (χ0) is 107. The van der Waals surface area contributed by atoms with E-state index in [0.29, 0.717) is 452 Å². The van der Waals surface area contributed by atoms with Gasteiger partial charge in [-0.15, -0.1) is 86.2 Å². The third kappa shape index (κ3) is 105. The van der Waals surface area contributed by atoms with E-state index < -0.39 is 27.5 Å². The molecule has 4 unspecified atom stereocenters. The van der Waals surface area contributed by atoms with Crippen LogP contribution in [-0.2, 0) is 152 Å². The van der Waals surface area contributed by atoms with Crippen LogP contribution in [0.1, 0.15) is 19.3 Å². The van der Waals surface area contributed by atoms with Crippen LogP contribution in [0.3, 0.4) is 0 Å². The number of rotatable bonds is 28. The first-order valence-electron chi connectivity index (χ1n) is 51.3. The number of hydrogen-bond acceptors (Lipinski definition) is 38. The summed E-state index contributed by atoms with van der Waals surface area (Å²) in [5, 5.41) is 6.62. The summed E-state index contributed by atoms with van der Waals surface area (Å²) in [4.78, 5) is 0. The largest absolute Gasteiger partial charge is 0.487 e. The summed E-state index contributed by atoms with van der Waals surface area (Å²) >= 11 is 46.9. The van der Waals surface area contributed by atoms with Gasteiger partial charge in [0, 0.05) is 58.2 Å². The first-order valence-corrected chi connectivity index (χ1v) is 70.2. The average Bonchev–Trinajstić information content (AvgIpc) is 0.859. The number of fused-ring (bicyclic) bond motifs is 2. The van der Waals surface area contributed by atoms with E-state index in [2.05, 4.69) is 30.4 Å². The lowest BCUT2D eigenvalue weighted by Crippen LogP contribution is -2.29. The van der Waals surface area contributed by atoms with Crippen molar-refractivity contribution >= 4 is 136 Å². The Morgan fingerprint density at radius 1 is 0.282 bits per heavy atom. The van der Waals surface area contributed by atoms with Crippen molar-refractivity contribution in [1.82, 2.24) is 0 Å². The van der Waals surface area contributed by atoms with E-state index in [-0.39, 0.29) is 32.8 Å². The van der Waals surface area contributed by atoms with E-state index in [1.54, 1.807) is 18.2 Å². The molecule has 0 amide bonds. The van der Waals surface area contributed by atoms with Gasteiger partial charge in [-0.3, -0.25) is 0 Å². The van der Waals surface area contributed by atoms with Crippen molar-refractivity contribution in [2.24, 2.45) is 0 Å². The Labute approximate surface area is 932 Å². The van der Waals surface area contributed by atoms with Crippen molar-refractivity contribution in [3.05, 3.63) is 74.4 Å². The van der Waals surface area contributed by atoms with Gasteiger partial charge in [0.25, 0.3) is 0 Å². The van der Waals surface area contributed by atoms with Crippen molar-refractivity contribution < 1.29 is 171 Å². The highest BCUT2D eigenvalue weighted by atomic mass is 35.7. The van der Waals surface area contributed by atoms with Crippen LogP contribution >= 0.6 is 88.6 Å². The smallest absolute Gasteiger partial charge is 0.248 e. The van der Waals surface area contributed by atoms with Crippen LogP contribution in [0.2, 0.25) is 44.3 Å². The minimum absolute atomic E-state index is 0. The molecular weight excluding hydrogens is 2190 g/mol. The number of benzene rings is 2. The maximum absolute atomic E-state index is 6.16. The zero-order valence-corrected chi connectivity index (χ0v) is 99.1. The molecule has 4 saturated heterocycles. The second kappa shape index (κ2) is 109. The van der Waals surface area contributed by atoms with Gasteiger partial charge in [0.05, 0.1) is 383 Å². The van der Waals surface area contributed by atoms with Gasteiger partial charge in [0.2, 0.25) is 27.5 Å². The maximum atomic E-state index is 6.16. The molecule has 4 atom stereocenters. The highest BCUT2D eigenvalue weighted by Gasteiger charge is 2.24. The standard InChI is InChI=1S/C20H33Cl2NO6Si.C19H29NO6.C17H34Cl2O7Si.C16H30O7.C13H26Cl2O5Si.C12H22O5.CH4Cl2Si.B/c1-30(21,22)16-2-5-23-18-3-4-19-20(17-18)29-15-13-27-11-9-25-7-6-24-8-10-26-12-14-28-19;1-2-5-20-17-3-4-18-19(16-17)26-15-13-24-11-9-22-7-6-21-8-10-23-12-14-25-18;1-27(18,19)14-2-3-24-15-17-16-25-11-10-22-7-6-20-4-5-21-8-9-23-12-13-26-17;1-2-3-21-14-16-15-22-11-10-19-7-6-17-4-5-18-8-9-20-12-13-23-16;1-21(14,15)10-2-3-18-11-13-12-19-7-6-16-4-5-17-8-9-20-13;1-2-3-15-10-12-11-16-7-6-13-4-5-14-8-9-17-12;1-4(2)3;/h3-4,17,23H,2,5-16H2,1H3;2-4,16,20H,1,5-15H2;17H,2-16H2,1H3;2,16H,1,3-15H2;13H,2-12H2,1H3;2,12H,1,3-11H2;4H,1H3;. The quantitative estimate of drug-likeness (QED) is 0.0346. The predicted molar refractivity (Wildman–Crippen MR) is 593 cm³/mol. The van der Waals surface area contributed by atoms with Crippen molar-refractivity contribution in [3.8, 4) is 23.0 Å². The van der Waals surface area contributed by atoms with E-state index in [9.17, 15) is 0 Å². The van der Waals surface area contributed by atoms with E-state index >= 15 is 0 Å². The van der Waals surface area contributed by atoms with E-state index in [1.165, 1.54) is 0 Å². The number of nitrogens with one attached hydrogen (secondary N) is 2. The van der Waals surface area contributed by atoms with E-state index in [0.717, 1.165) is 55.3 Å². The summed E-state index contributed by atoms with van der Waals surface area (Å²) in [5.41, 5.74) is 1.90. The zero-order valence-electron chi connectivity index (χ0n) is 88.9. The number of halogens is 8. The molecule has 3 radical (unpaired) electrons. The molecule has 0 aliphatic carbocycles. The monoisotopic (exact) mass is 2360 g/mol. The van der Waals surface area contributed by atoms with Crippen LogP contribution < -0.4 is 29.6 Å². The molecule has 871 valence electrons.